The third-order valence-corrected chi connectivity index (χ3v) is 4.79. The lowest BCUT2D eigenvalue weighted by Crippen LogP contribution is -2.29. The van der Waals surface area contributed by atoms with Crippen LogP contribution in [-0.4, -0.2) is 26.7 Å². The third-order valence-electron chi connectivity index (χ3n) is 4.79. The highest BCUT2D eigenvalue weighted by Gasteiger charge is 2.46. The SMILES string of the molecule is Cc1ccc(C2C(=C(O)c3ccncc3)C(=O)C(=O)N2Cc2ccco2)cc1. The zero-order valence-corrected chi connectivity index (χ0v) is 15.2. The number of amides is 1. The summed E-state index contributed by atoms with van der Waals surface area (Å²) < 4.78 is 5.37. The van der Waals surface area contributed by atoms with Crippen molar-refractivity contribution in [3.05, 3.63) is 95.2 Å². The van der Waals surface area contributed by atoms with Crippen LogP contribution in [-0.2, 0) is 16.1 Å². The minimum absolute atomic E-state index is 0.0617. The second-order valence-corrected chi connectivity index (χ2v) is 6.65. The number of aryl methyl sites for hydroxylation is 1. The molecule has 6 nitrogen and oxygen atoms in total. The molecule has 1 atom stereocenters. The quantitative estimate of drug-likeness (QED) is 0.428. The van der Waals surface area contributed by atoms with E-state index in [-0.39, 0.29) is 17.9 Å². The van der Waals surface area contributed by atoms with Gasteiger partial charge in [-0.2, -0.15) is 0 Å². The van der Waals surface area contributed by atoms with Crippen molar-refractivity contribution in [2.75, 3.05) is 0 Å². The fraction of sp³-hybridized carbons (Fsp3) is 0.136. The fourth-order valence-electron chi connectivity index (χ4n) is 3.37. The van der Waals surface area contributed by atoms with Gasteiger partial charge in [0.1, 0.15) is 11.5 Å². The Morgan fingerprint density at radius 1 is 1.11 bits per heavy atom. The molecule has 0 spiro atoms. The van der Waals surface area contributed by atoms with Crippen LogP contribution >= 0.6 is 0 Å². The number of aliphatic hydroxyl groups is 1. The molecule has 4 rings (SSSR count). The van der Waals surface area contributed by atoms with Crippen LogP contribution in [0.5, 0.6) is 0 Å². The summed E-state index contributed by atoms with van der Waals surface area (Å²) in [4.78, 5) is 31.0. The summed E-state index contributed by atoms with van der Waals surface area (Å²) in [5.41, 5.74) is 2.29. The first-order valence-electron chi connectivity index (χ1n) is 8.84. The summed E-state index contributed by atoms with van der Waals surface area (Å²) in [6, 6.07) is 13.5. The van der Waals surface area contributed by atoms with Crippen LogP contribution < -0.4 is 0 Å². The van der Waals surface area contributed by atoms with Crippen LogP contribution in [0.1, 0.15) is 28.5 Å². The van der Waals surface area contributed by atoms with Crippen molar-refractivity contribution in [1.29, 1.82) is 0 Å². The number of Topliss-reactive ketones (excluding diaryl/α,β-unsaturated/α-hetero) is 1. The molecule has 1 aliphatic heterocycles. The fourth-order valence-corrected chi connectivity index (χ4v) is 3.37. The van der Waals surface area contributed by atoms with E-state index in [4.69, 9.17) is 4.42 Å². The largest absolute Gasteiger partial charge is 0.507 e. The van der Waals surface area contributed by atoms with Gasteiger partial charge in [-0.15, -0.1) is 0 Å². The maximum Gasteiger partial charge on any atom is 0.296 e. The number of benzene rings is 1. The summed E-state index contributed by atoms with van der Waals surface area (Å²) in [5.74, 6) is -1.04. The Kier molecular flexibility index (Phi) is 4.53. The Bertz CT molecular complexity index is 1040. The molecule has 1 aromatic carbocycles. The molecule has 1 unspecified atom stereocenters. The van der Waals surface area contributed by atoms with Crippen molar-refractivity contribution < 1.29 is 19.1 Å². The predicted octanol–water partition coefficient (Wildman–Crippen LogP) is 3.60. The molecule has 0 saturated carbocycles. The molecule has 1 fully saturated rings. The van der Waals surface area contributed by atoms with Crippen LogP contribution in [0.3, 0.4) is 0 Å². The van der Waals surface area contributed by atoms with E-state index in [1.165, 1.54) is 23.6 Å². The molecular weight excluding hydrogens is 356 g/mol. The molecule has 28 heavy (non-hydrogen) atoms. The first-order valence-corrected chi connectivity index (χ1v) is 8.84. The lowest BCUT2D eigenvalue weighted by Gasteiger charge is -2.24. The molecule has 0 aliphatic carbocycles. The Morgan fingerprint density at radius 3 is 2.46 bits per heavy atom. The number of likely N-dealkylation sites (tertiary alicyclic amines) is 1. The van der Waals surface area contributed by atoms with Crippen LogP contribution in [0.15, 0.2) is 77.2 Å². The average Bonchev–Trinajstić information content (AvgIpc) is 3.31. The van der Waals surface area contributed by atoms with Crippen LogP contribution in [0, 0.1) is 6.92 Å². The number of furan rings is 1. The smallest absolute Gasteiger partial charge is 0.296 e. The van der Waals surface area contributed by atoms with Gasteiger partial charge < -0.3 is 14.4 Å². The lowest BCUT2D eigenvalue weighted by atomic mass is 9.95. The summed E-state index contributed by atoms with van der Waals surface area (Å²) in [6.07, 6.45) is 4.56. The monoisotopic (exact) mass is 374 g/mol. The van der Waals surface area contributed by atoms with Crippen molar-refractivity contribution in [1.82, 2.24) is 9.88 Å². The summed E-state index contributed by atoms with van der Waals surface area (Å²) in [7, 11) is 0. The molecule has 6 heteroatoms. The molecule has 2 aromatic heterocycles. The normalized spacial score (nSPS) is 18.6. The van der Waals surface area contributed by atoms with Gasteiger partial charge in [-0.25, -0.2) is 0 Å². The second-order valence-electron chi connectivity index (χ2n) is 6.65. The maximum atomic E-state index is 12.9. The summed E-state index contributed by atoms with van der Waals surface area (Å²) in [6.45, 7) is 2.09. The number of carbonyl (C=O) groups excluding carboxylic acids is 2. The highest BCUT2D eigenvalue weighted by Crippen LogP contribution is 2.40. The molecule has 3 heterocycles. The van der Waals surface area contributed by atoms with E-state index in [2.05, 4.69) is 4.98 Å². The van der Waals surface area contributed by atoms with Crippen molar-refractivity contribution in [2.24, 2.45) is 0 Å². The van der Waals surface area contributed by atoms with E-state index in [1.54, 1.807) is 24.3 Å². The van der Waals surface area contributed by atoms with E-state index >= 15 is 0 Å². The Labute approximate surface area is 161 Å². The average molecular weight is 374 g/mol. The highest BCUT2D eigenvalue weighted by atomic mass is 16.3. The van der Waals surface area contributed by atoms with Gasteiger partial charge in [-0.3, -0.25) is 14.6 Å². The molecule has 0 radical (unpaired) electrons. The van der Waals surface area contributed by atoms with Crippen LogP contribution in [0.2, 0.25) is 0 Å². The predicted molar refractivity (Wildman–Crippen MR) is 102 cm³/mol. The molecule has 3 aromatic rings. The zero-order chi connectivity index (χ0) is 19.7. The molecule has 1 amide bonds. The standard InChI is InChI=1S/C22H18N2O4/c1-14-4-6-15(7-5-14)19-18(20(25)16-8-10-23-11-9-16)21(26)22(27)24(19)13-17-3-2-12-28-17/h2-12,19,25H,13H2,1H3. The van der Waals surface area contributed by atoms with Crippen LogP contribution in [0.25, 0.3) is 5.76 Å². The number of rotatable bonds is 4. The first-order chi connectivity index (χ1) is 13.6. The lowest BCUT2D eigenvalue weighted by molar-refractivity contribution is -0.140. The van der Waals surface area contributed by atoms with E-state index in [0.717, 1.165) is 11.1 Å². The van der Waals surface area contributed by atoms with Crippen LogP contribution in [0.4, 0.5) is 0 Å². The molecular formula is C22H18N2O4. The number of carbonyl (C=O) groups is 2. The van der Waals surface area contributed by atoms with Gasteiger partial charge in [0.2, 0.25) is 0 Å². The van der Waals surface area contributed by atoms with Gasteiger partial charge in [0.25, 0.3) is 11.7 Å². The topological polar surface area (TPSA) is 83.6 Å². The van der Waals surface area contributed by atoms with Gasteiger partial charge in [0.15, 0.2) is 0 Å². The number of ketones is 1. The van der Waals surface area contributed by atoms with E-state index in [0.29, 0.717) is 11.3 Å². The summed E-state index contributed by atoms with van der Waals surface area (Å²) >= 11 is 0. The number of hydrogen-bond acceptors (Lipinski definition) is 5. The molecule has 1 saturated heterocycles. The van der Waals surface area contributed by atoms with Crippen molar-refractivity contribution in [3.63, 3.8) is 0 Å². The van der Waals surface area contributed by atoms with Crippen molar-refractivity contribution in [2.45, 2.75) is 19.5 Å². The minimum atomic E-state index is -0.716. The molecule has 140 valence electrons. The number of aromatic nitrogens is 1. The summed E-state index contributed by atoms with van der Waals surface area (Å²) in [5, 5.41) is 10.9. The maximum absolute atomic E-state index is 12.9. The Hall–Kier alpha value is -3.67. The first kappa shape index (κ1) is 17.7. The number of aliphatic hydroxyl groups excluding tert-OH is 1. The van der Waals surface area contributed by atoms with Gasteiger partial charge in [0, 0.05) is 18.0 Å². The Balaban J connectivity index is 1.86. The Morgan fingerprint density at radius 2 is 1.82 bits per heavy atom. The van der Waals surface area contributed by atoms with Crippen molar-refractivity contribution in [3.8, 4) is 0 Å². The third kappa shape index (κ3) is 3.09. The number of pyridine rings is 1. The zero-order valence-electron chi connectivity index (χ0n) is 15.2. The second kappa shape index (κ2) is 7.15. The molecule has 1 aliphatic rings. The minimum Gasteiger partial charge on any atom is -0.507 e. The van der Waals surface area contributed by atoms with Gasteiger partial charge >= 0.3 is 0 Å². The van der Waals surface area contributed by atoms with E-state index in [1.807, 2.05) is 31.2 Å². The van der Waals surface area contributed by atoms with E-state index in [9.17, 15) is 14.7 Å². The van der Waals surface area contributed by atoms with Gasteiger partial charge in [-0.1, -0.05) is 29.8 Å². The highest BCUT2D eigenvalue weighted by molar-refractivity contribution is 6.46. The van der Waals surface area contributed by atoms with Gasteiger partial charge in [0.05, 0.1) is 24.4 Å². The van der Waals surface area contributed by atoms with E-state index < -0.39 is 17.7 Å². The van der Waals surface area contributed by atoms with Crippen molar-refractivity contribution >= 4 is 17.4 Å². The molecule has 1 N–H and O–H groups in total. The number of hydrogen-bond donors (Lipinski definition) is 1. The molecule has 0 bridgehead atoms. The number of nitrogens with zero attached hydrogens (tertiary/aromatic N) is 2. The van der Waals surface area contributed by atoms with Gasteiger partial charge in [-0.05, 0) is 36.8 Å².